The Morgan fingerprint density at radius 1 is 1.37 bits per heavy atom. The van der Waals surface area contributed by atoms with E-state index in [-0.39, 0.29) is 12.1 Å². The summed E-state index contributed by atoms with van der Waals surface area (Å²) in [6.45, 7) is 1.91. The number of amides is 2. The third-order valence-electron chi connectivity index (χ3n) is 3.67. The molecule has 2 N–H and O–H groups in total. The minimum atomic E-state index is -0.140. The first-order valence-corrected chi connectivity index (χ1v) is 7.07. The Morgan fingerprint density at radius 2 is 2.05 bits per heavy atom. The van der Waals surface area contributed by atoms with Crippen LogP contribution in [0, 0.1) is 0 Å². The van der Waals surface area contributed by atoms with Crippen molar-refractivity contribution in [1.29, 1.82) is 0 Å². The molecule has 0 bridgehead atoms. The molecule has 0 saturated heterocycles. The van der Waals surface area contributed by atoms with E-state index in [4.69, 9.17) is 0 Å². The van der Waals surface area contributed by atoms with Crippen molar-refractivity contribution in [3.05, 3.63) is 12.2 Å². The standard InChI is InChI=1S/C13H23N5O/c1-10(12-17-14-9-18(12)2)15-13(19)16-11-7-5-3-4-6-8-11/h9-11H,3-8H2,1-2H3,(H2,15,16,19)/t10-/m1/s1. The topological polar surface area (TPSA) is 71.8 Å². The first-order chi connectivity index (χ1) is 9.16. The van der Waals surface area contributed by atoms with Crippen LogP contribution in [0.15, 0.2) is 6.33 Å². The lowest BCUT2D eigenvalue weighted by molar-refractivity contribution is 0.232. The predicted molar refractivity (Wildman–Crippen MR) is 72.6 cm³/mol. The summed E-state index contributed by atoms with van der Waals surface area (Å²) in [6, 6.07) is 0.0647. The van der Waals surface area contributed by atoms with Gasteiger partial charge in [0.05, 0.1) is 6.04 Å². The Morgan fingerprint density at radius 3 is 2.63 bits per heavy atom. The van der Waals surface area contributed by atoms with Crippen molar-refractivity contribution in [2.45, 2.75) is 57.5 Å². The van der Waals surface area contributed by atoms with Gasteiger partial charge in [-0.15, -0.1) is 10.2 Å². The molecule has 0 aliphatic heterocycles. The van der Waals surface area contributed by atoms with Crippen molar-refractivity contribution in [2.75, 3.05) is 0 Å². The third kappa shape index (κ3) is 3.94. The first-order valence-electron chi connectivity index (χ1n) is 7.07. The quantitative estimate of drug-likeness (QED) is 0.820. The van der Waals surface area contributed by atoms with E-state index in [0.717, 1.165) is 18.7 Å². The largest absolute Gasteiger partial charge is 0.335 e. The molecule has 6 nitrogen and oxygen atoms in total. The van der Waals surface area contributed by atoms with Crippen LogP contribution in [0.3, 0.4) is 0 Å². The first kappa shape index (κ1) is 13.8. The van der Waals surface area contributed by atoms with Gasteiger partial charge in [0, 0.05) is 13.1 Å². The van der Waals surface area contributed by atoms with Gasteiger partial charge in [-0.25, -0.2) is 4.79 Å². The van der Waals surface area contributed by atoms with Gasteiger partial charge in [0.15, 0.2) is 5.82 Å². The number of aryl methyl sites for hydroxylation is 1. The number of nitrogens with zero attached hydrogens (tertiary/aromatic N) is 3. The average molecular weight is 265 g/mol. The molecule has 106 valence electrons. The summed E-state index contributed by atoms with van der Waals surface area (Å²) in [5, 5.41) is 13.8. The highest BCUT2D eigenvalue weighted by Gasteiger charge is 2.18. The van der Waals surface area contributed by atoms with E-state index in [0.29, 0.717) is 6.04 Å². The van der Waals surface area contributed by atoms with E-state index >= 15 is 0 Å². The van der Waals surface area contributed by atoms with Crippen LogP contribution in [0.1, 0.15) is 57.3 Å². The molecule has 2 rings (SSSR count). The van der Waals surface area contributed by atoms with Gasteiger partial charge < -0.3 is 15.2 Å². The monoisotopic (exact) mass is 265 g/mol. The van der Waals surface area contributed by atoms with Gasteiger partial charge >= 0.3 is 6.03 Å². The zero-order chi connectivity index (χ0) is 13.7. The summed E-state index contributed by atoms with van der Waals surface area (Å²) >= 11 is 0. The normalized spacial score (nSPS) is 18.6. The van der Waals surface area contributed by atoms with Gasteiger partial charge in [0.2, 0.25) is 0 Å². The summed E-state index contributed by atoms with van der Waals surface area (Å²) in [5.74, 6) is 0.760. The highest BCUT2D eigenvalue weighted by atomic mass is 16.2. The van der Waals surface area contributed by atoms with Crippen LogP contribution in [0.5, 0.6) is 0 Å². The molecular weight excluding hydrogens is 242 g/mol. The zero-order valence-electron chi connectivity index (χ0n) is 11.7. The highest BCUT2D eigenvalue weighted by Crippen LogP contribution is 2.17. The van der Waals surface area contributed by atoms with Crippen molar-refractivity contribution in [3.63, 3.8) is 0 Å². The fourth-order valence-electron chi connectivity index (χ4n) is 2.60. The third-order valence-corrected chi connectivity index (χ3v) is 3.67. The van der Waals surface area contributed by atoms with Gasteiger partial charge in [0.25, 0.3) is 0 Å². The van der Waals surface area contributed by atoms with E-state index in [1.54, 1.807) is 6.33 Å². The van der Waals surface area contributed by atoms with E-state index in [9.17, 15) is 4.79 Å². The molecule has 1 saturated carbocycles. The molecule has 19 heavy (non-hydrogen) atoms. The maximum Gasteiger partial charge on any atom is 0.315 e. The van der Waals surface area contributed by atoms with Crippen LogP contribution in [0.4, 0.5) is 4.79 Å². The van der Waals surface area contributed by atoms with Crippen molar-refractivity contribution in [1.82, 2.24) is 25.4 Å². The minimum absolute atomic E-state index is 0.109. The Balaban J connectivity index is 1.82. The fraction of sp³-hybridized carbons (Fsp3) is 0.769. The van der Waals surface area contributed by atoms with Crippen LogP contribution in [-0.2, 0) is 7.05 Å². The molecule has 0 spiro atoms. The van der Waals surface area contributed by atoms with Crippen molar-refractivity contribution >= 4 is 6.03 Å². The Kier molecular flexibility index (Phi) is 4.76. The fourth-order valence-corrected chi connectivity index (χ4v) is 2.60. The number of urea groups is 1. The Bertz CT molecular complexity index is 409. The second kappa shape index (κ2) is 6.54. The van der Waals surface area contributed by atoms with Crippen LogP contribution in [0.2, 0.25) is 0 Å². The van der Waals surface area contributed by atoms with E-state index in [1.165, 1.54) is 25.7 Å². The smallest absolute Gasteiger partial charge is 0.315 e. The summed E-state index contributed by atoms with van der Waals surface area (Å²) in [4.78, 5) is 12.0. The zero-order valence-corrected chi connectivity index (χ0v) is 11.7. The molecular formula is C13H23N5O. The van der Waals surface area contributed by atoms with Gasteiger partial charge in [-0.3, -0.25) is 0 Å². The predicted octanol–water partition coefficient (Wildman–Crippen LogP) is 1.90. The number of nitrogens with one attached hydrogen (secondary N) is 2. The van der Waals surface area contributed by atoms with Gasteiger partial charge in [-0.1, -0.05) is 25.7 Å². The lowest BCUT2D eigenvalue weighted by atomic mass is 10.1. The molecule has 0 aromatic carbocycles. The summed E-state index contributed by atoms with van der Waals surface area (Å²) in [7, 11) is 1.87. The molecule has 1 aliphatic carbocycles. The van der Waals surface area contributed by atoms with Gasteiger partial charge in [-0.05, 0) is 19.8 Å². The molecule has 1 aliphatic rings. The molecule has 2 amide bonds. The summed E-state index contributed by atoms with van der Waals surface area (Å²) in [5.41, 5.74) is 0. The van der Waals surface area contributed by atoms with Gasteiger partial charge in [-0.2, -0.15) is 0 Å². The maximum absolute atomic E-state index is 12.0. The SMILES string of the molecule is C[C@@H](NC(=O)NC1CCCCCC1)c1nncn1C. The summed E-state index contributed by atoms with van der Waals surface area (Å²) in [6.07, 6.45) is 8.81. The lowest BCUT2D eigenvalue weighted by Gasteiger charge is -2.19. The van der Waals surface area contributed by atoms with Crippen LogP contribution < -0.4 is 10.6 Å². The molecule has 1 aromatic rings. The van der Waals surface area contributed by atoms with Crippen LogP contribution >= 0.6 is 0 Å². The van der Waals surface area contributed by atoms with E-state index in [2.05, 4.69) is 20.8 Å². The minimum Gasteiger partial charge on any atom is -0.335 e. The van der Waals surface area contributed by atoms with Crippen LogP contribution in [-0.4, -0.2) is 26.8 Å². The second-order valence-corrected chi connectivity index (χ2v) is 5.33. The summed E-state index contributed by atoms with van der Waals surface area (Å²) < 4.78 is 1.82. The van der Waals surface area contributed by atoms with Gasteiger partial charge in [0.1, 0.15) is 6.33 Å². The molecule has 0 radical (unpaired) electrons. The number of rotatable bonds is 3. The number of carbonyl (C=O) groups excluding carboxylic acids is 1. The van der Waals surface area contributed by atoms with Crippen molar-refractivity contribution < 1.29 is 4.79 Å². The number of carbonyl (C=O) groups is 1. The van der Waals surface area contributed by atoms with E-state index in [1.807, 2.05) is 18.5 Å². The highest BCUT2D eigenvalue weighted by molar-refractivity contribution is 5.74. The van der Waals surface area contributed by atoms with Crippen molar-refractivity contribution in [3.8, 4) is 0 Å². The number of hydrogen-bond donors (Lipinski definition) is 2. The van der Waals surface area contributed by atoms with Crippen LogP contribution in [0.25, 0.3) is 0 Å². The molecule has 6 heteroatoms. The molecule has 1 atom stereocenters. The average Bonchev–Trinajstić information content (AvgIpc) is 2.63. The number of hydrogen-bond acceptors (Lipinski definition) is 3. The molecule has 0 unspecified atom stereocenters. The maximum atomic E-state index is 12.0. The molecule has 1 aromatic heterocycles. The second-order valence-electron chi connectivity index (χ2n) is 5.33. The van der Waals surface area contributed by atoms with E-state index < -0.39 is 0 Å². The Labute approximate surface area is 114 Å². The molecule has 1 fully saturated rings. The Hall–Kier alpha value is -1.59. The molecule has 1 heterocycles. The van der Waals surface area contributed by atoms with Crippen molar-refractivity contribution in [2.24, 2.45) is 7.05 Å². The number of aromatic nitrogens is 3. The lowest BCUT2D eigenvalue weighted by Crippen LogP contribution is -2.43.